The molecule has 0 aliphatic carbocycles. The van der Waals surface area contributed by atoms with Crippen molar-refractivity contribution in [2.24, 2.45) is 4.99 Å². The van der Waals surface area contributed by atoms with Crippen molar-refractivity contribution in [3.8, 4) is 11.1 Å². The Labute approximate surface area is 113 Å². The van der Waals surface area contributed by atoms with Crippen molar-refractivity contribution >= 4 is 6.34 Å². The van der Waals surface area contributed by atoms with Gasteiger partial charge in [0.25, 0.3) is 0 Å². The smallest absolute Gasteiger partial charge is 0.144 e. The van der Waals surface area contributed by atoms with E-state index in [4.69, 9.17) is 0 Å². The molecule has 96 valence electrons. The summed E-state index contributed by atoms with van der Waals surface area (Å²) in [6.07, 6.45) is 2.75. The lowest BCUT2D eigenvalue weighted by Crippen LogP contribution is -2.26. The lowest BCUT2D eigenvalue weighted by atomic mass is 9.97. The van der Waals surface area contributed by atoms with Gasteiger partial charge in [-0.15, -0.1) is 0 Å². The Morgan fingerprint density at radius 3 is 2.53 bits per heavy atom. The highest BCUT2D eigenvalue weighted by atomic mass is 15.5. The maximum absolute atomic E-state index is 4.38. The molecule has 2 N–H and O–H groups in total. The van der Waals surface area contributed by atoms with Crippen LogP contribution in [-0.4, -0.2) is 6.34 Å². The van der Waals surface area contributed by atoms with Crippen LogP contribution in [0.15, 0.2) is 53.5 Å². The van der Waals surface area contributed by atoms with E-state index in [0.29, 0.717) is 0 Å². The maximum Gasteiger partial charge on any atom is 0.144 e. The van der Waals surface area contributed by atoms with Crippen LogP contribution in [0.25, 0.3) is 11.1 Å². The predicted octanol–water partition coefficient (Wildman–Crippen LogP) is 3.05. The number of nitrogens with one attached hydrogen (secondary N) is 2. The van der Waals surface area contributed by atoms with E-state index < -0.39 is 0 Å². The van der Waals surface area contributed by atoms with Gasteiger partial charge in [-0.3, -0.25) is 0 Å². The van der Waals surface area contributed by atoms with Gasteiger partial charge in [0.05, 0.1) is 6.34 Å². The molecule has 0 fully saturated rings. The zero-order valence-corrected chi connectivity index (χ0v) is 10.9. The van der Waals surface area contributed by atoms with Gasteiger partial charge in [-0.25, -0.2) is 10.4 Å². The number of hydrogen-bond donors (Lipinski definition) is 2. The van der Waals surface area contributed by atoms with Crippen molar-refractivity contribution in [3.05, 3.63) is 59.7 Å². The van der Waals surface area contributed by atoms with Gasteiger partial charge in [0, 0.05) is 5.56 Å². The van der Waals surface area contributed by atoms with Crippen LogP contribution < -0.4 is 10.9 Å². The zero-order chi connectivity index (χ0) is 13.1. The fraction of sp³-hybridized carbons (Fsp3) is 0.188. The van der Waals surface area contributed by atoms with Crippen LogP contribution in [0.1, 0.15) is 24.2 Å². The number of aryl methyl sites for hydroxylation is 1. The first-order valence-electron chi connectivity index (χ1n) is 6.59. The number of nitrogens with zero attached hydrogens (tertiary/aromatic N) is 1. The van der Waals surface area contributed by atoms with E-state index in [-0.39, 0.29) is 6.17 Å². The van der Waals surface area contributed by atoms with Gasteiger partial charge >= 0.3 is 0 Å². The van der Waals surface area contributed by atoms with Crippen molar-refractivity contribution in [2.75, 3.05) is 0 Å². The van der Waals surface area contributed by atoms with Gasteiger partial charge in [0.2, 0.25) is 0 Å². The molecule has 1 heterocycles. The third-order valence-corrected chi connectivity index (χ3v) is 3.44. The minimum absolute atomic E-state index is 0.0120. The molecule has 0 spiro atoms. The van der Waals surface area contributed by atoms with E-state index in [1.807, 2.05) is 0 Å². The molecule has 3 rings (SSSR count). The first-order valence-corrected chi connectivity index (χ1v) is 6.59. The summed E-state index contributed by atoms with van der Waals surface area (Å²) in [5, 5.41) is 0. The summed E-state index contributed by atoms with van der Waals surface area (Å²) in [6.45, 7) is 2.17. The van der Waals surface area contributed by atoms with Crippen LogP contribution in [0.3, 0.4) is 0 Å². The first kappa shape index (κ1) is 11.9. The van der Waals surface area contributed by atoms with E-state index in [2.05, 4.69) is 71.3 Å². The van der Waals surface area contributed by atoms with Gasteiger partial charge in [0.15, 0.2) is 0 Å². The summed E-state index contributed by atoms with van der Waals surface area (Å²) in [7, 11) is 0. The highest BCUT2D eigenvalue weighted by molar-refractivity contribution is 5.69. The normalized spacial score (nSPS) is 17.4. The minimum atomic E-state index is -0.0120. The number of hydrogen-bond acceptors (Lipinski definition) is 3. The monoisotopic (exact) mass is 251 g/mol. The van der Waals surface area contributed by atoms with Crippen molar-refractivity contribution in [3.63, 3.8) is 0 Å². The molecule has 0 aromatic heterocycles. The van der Waals surface area contributed by atoms with Crippen LogP contribution in [0.4, 0.5) is 0 Å². The third-order valence-electron chi connectivity index (χ3n) is 3.44. The predicted molar refractivity (Wildman–Crippen MR) is 78.8 cm³/mol. The number of rotatable bonds is 3. The molecule has 1 aliphatic heterocycles. The summed E-state index contributed by atoms with van der Waals surface area (Å²) in [4.78, 5) is 4.38. The molecular weight excluding hydrogens is 234 g/mol. The SMILES string of the molecule is CCc1ccc(-c2ccccc2C2N=CNN2)cc1. The lowest BCUT2D eigenvalue weighted by Gasteiger charge is -2.14. The Morgan fingerprint density at radius 1 is 1.05 bits per heavy atom. The fourth-order valence-electron chi connectivity index (χ4n) is 2.34. The molecule has 0 amide bonds. The Hall–Kier alpha value is -2.13. The minimum Gasteiger partial charge on any atom is -0.310 e. The van der Waals surface area contributed by atoms with Crippen molar-refractivity contribution in [1.29, 1.82) is 0 Å². The molecule has 1 unspecified atom stereocenters. The maximum atomic E-state index is 4.38. The van der Waals surface area contributed by atoms with Crippen LogP contribution >= 0.6 is 0 Å². The molecule has 1 aliphatic rings. The summed E-state index contributed by atoms with van der Waals surface area (Å²) in [6, 6.07) is 17.1. The van der Waals surface area contributed by atoms with Crippen LogP contribution in [0.5, 0.6) is 0 Å². The molecule has 0 bridgehead atoms. The average molecular weight is 251 g/mol. The Bertz CT molecular complexity index is 587. The second kappa shape index (κ2) is 5.24. The lowest BCUT2D eigenvalue weighted by molar-refractivity contribution is 0.577. The molecule has 2 aromatic rings. The third kappa shape index (κ3) is 2.37. The number of aliphatic imine (C=N–C) groups is 1. The molecule has 3 nitrogen and oxygen atoms in total. The average Bonchev–Trinajstić information content (AvgIpc) is 3.01. The van der Waals surface area contributed by atoms with E-state index in [1.165, 1.54) is 22.3 Å². The first-order chi connectivity index (χ1) is 9.38. The highest BCUT2D eigenvalue weighted by Crippen LogP contribution is 2.29. The van der Waals surface area contributed by atoms with Gasteiger partial charge in [-0.1, -0.05) is 55.5 Å². The van der Waals surface area contributed by atoms with Gasteiger partial charge < -0.3 is 5.43 Å². The molecule has 2 aromatic carbocycles. The number of benzene rings is 2. The topological polar surface area (TPSA) is 36.4 Å². The molecular formula is C16H17N3. The second-order valence-corrected chi connectivity index (χ2v) is 4.61. The molecule has 0 radical (unpaired) electrons. The fourth-order valence-corrected chi connectivity index (χ4v) is 2.34. The Morgan fingerprint density at radius 2 is 1.84 bits per heavy atom. The van der Waals surface area contributed by atoms with Crippen LogP contribution in [-0.2, 0) is 6.42 Å². The number of hydrazine groups is 1. The summed E-state index contributed by atoms with van der Waals surface area (Å²) in [5.74, 6) is 0. The standard InChI is InChI=1S/C16H17N3/c1-2-12-7-9-13(10-8-12)14-5-3-4-6-15(14)16-17-11-18-19-16/h3-11,16,19H,2H2,1H3,(H,17,18). The Balaban J connectivity index is 2.01. The van der Waals surface area contributed by atoms with Crippen molar-refractivity contribution in [2.45, 2.75) is 19.5 Å². The van der Waals surface area contributed by atoms with Gasteiger partial charge in [-0.2, -0.15) is 0 Å². The van der Waals surface area contributed by atoms with Crippen molar-refractivity contribution < 1.29 is 0 Å². The molecule has 0 saturated carbocycles. The van der Waals surface area contributed by atoms with Gasteiger partial charge in [-0.05, 0) is 23.1 Å². The van der Waals surface area contributed by atoms with E-state index in [9.17, 15) is 0 Å². The summed E-state index contributed by atoms with van der Waals surface area (Å²) >= 11 is 0. The largest absolute Gasteiger partial charge is 0.310 e. The summed E-state index contributed by atoms with van der Waals surface area (Å²) in [5.41, 5.74) is 11.1. The van der Waals surface area contributed by atoms with E-state index >= 15 is 0 Å². The molecule has 0 saturated heterocycles. The van der Waals surface area contributed by atoms with E-state index in [1.54, 1.807) is 6.34 Å². The Kier molecular flexibility index (Phi) is 3.29. The van der Waals surface area contributed by atoms with Crippen LogP contribution in [0, 0.1) is 0 Å². The van der Waals surface area contributed by atoms with Gasteiger partial charge in [0.1, 0.15) is 6.17 Å². The molecule has 19 heavy (non-hydrogen) atoms. The molecule has 3 heteroatoms. The summed E-state index contributed by atoms with van der Waals surface area (Å²) < 4.78 is 0. The van der Waals surface area contributed by atoms with Crippen molar-refractivity contribution in [1.82, 2.24) is 10.9 Å². The second-order valence-electron chi connectivity index (χ2n) is 4.61. The quantitative estimate of drug-likeness (QED) is 0.879. The van der Waals surface area contributed by atoms with Crippen LogP contribution in [0.2, 0.25) is 0 Å². The molecule has 1 atom stereocenters. The zero-order valence-electron chi connectivity index (χ0n) is 10.9. The highest BCUT2D eigenvalue weighted by Gasteiger charge is 2.16. The van der Waals surface area contributed by atoms with E-state index in [0.717, 1.165) is 6.42 Å².